The van der Waals surface area contributed by atoms with Crippen LogP contribution in [0.4, 0.5) is 0 Å². The van der Waals surface area contributed by atoms with E-state index in [2.05, 4.69) is 0 Å². The monoisotopic (exact) mass is 183 g/mol. The van der Waals surface area contributed by atoms with Crippen molar-refractivity contribution in [2.24, 2.45) is 17.2 Å². The Morgan fingerprint density at radius 2 is 2.23 bits per heavy atom. The van der Waals surface area contributed by atoms with E-state index in [1.165, 1.54) is 32.1 Å². The van der Waals surface area contributed by atoms with Gasteiger partial charge in [-0.25, -0.2) is 5.90 Å². The van der Waals surface area contributed by atoms with Crippen molar-refractivity contribution in [3.8, 4) is 0 Å². The second-order valence-electron chi connectivity index (χ2n) is 4.89. The van der Waals surface area contributed by atoms with Crippen LogP contribution in [0, 0.1) is 11.3 Å². The summed E-state index contributed by atoms with van der Waals surface area (Å²) in [5.74, 6) is 5.92. The van der Waals surface area contributed by atoms with E-state index in [1.807, 2.05) is 0 Å². The molecule has 0 amide bonds. The molecule has 0 aromatic rings. The molecule has 0 radical (unpaired) electrons. The molecule has 2 N–H and O–H groups in total. The highest BCUT2D eigenvalue weighted by atomic mass is 16.6. The van der Waals surface area contributed by atoms with E-state index in [-0.39, 0.29) is 0 Å². The third-order valence-electron chi connectivity index (χ3n) is 4.16. The molecule has 1 aliphatic carbocycles. The highest BCUT2D eigenvalue weighted by Gasteiger charge is 2.57. The molecule has 2 bridgehead atoms. The molecular weight excluding hydrogens is 166 g/mol. The average Bonchev–Trinajstić information content (AvgIpc) is 2.62. The van der Waals surface area contributed by atoms with Gasteiger partial charge in [-0.05, 0) is 38.0 Å². The van der Waals surface area contributed by atoms with Gasteiger partial charge in [-0.2, -0.15) is 0 Å². The number of hydrogen-bond donors (Lipinski definition) is 1. The second-order valence-corrected chi connectivity index (χ2v) is 4.89. The predicted molar refractivity (Wildman–Crippen MR) is 47.8 cm³/mol. The van der Waals surface area contributed by atoms with Crippen molar-refractivity contribution in [1.82, 2.24) is 0 Å². The van der Waals surface area contributed by atoms with Crippen molar-refractivity contribution in [1.29, 1.82) is 0 Å². The molecule has 3 fully saturated rings. The van der Waals surface area contributed by atoms with Gasteiger partial charge >= 0.3 is 0 Å². The number of fused-ring (bicyclic) bond motifs is 2. The maximum atomic E-state index is 5.86. The lowest BCUT2D eigenvalue weighted by atomic mass is 9.78. The first-order valence-electron chi connectivity index (χ1n) is 5.31. The first kappa shape index (κ1) is 8.21. The summed E-state index contributed by atoms with van der Waals surface area (Å²) < 4.78 is 5.86. The molecule has 13 heavy (non-hydrogen) atoms. The predicted octanol–water partition coefficient (Wildman–Crippen LogP) is 1.22. The summed E-state index contributed by atoms with van der Waals surface area (Å²) in [6.07, 6.45) is 7.48. The molecule has 0 aromatic heterocycles. The number of ether oxygens (including phenoxy) is 1. The Bertz CT molecular complexity index is 215. The summed E-state index contributed by atoms with van der Waals surface area (Å²) in [7, 11) is 0. The molecule has 3 rings (SSSR count). The van der Waals surface area contributed by atoms with Crippen LogP contribution >= 0.6 is 0 Å². The molecule has 3 nitrogen and oxygen atoms in total. The topological polar surface area (TPSA) is 44.5 Å². The van der Waals surface area contributed by atoms with Gasteiger partial charge in [0.2, 0.25) is 0 Å². The van der Waals surface area contributed by atoms with Crippen molar-refractivity contribution in [2.45, 2.75) is 44.3 Å². The maximum Gasteiger partial charge on any atom is 0.0739 e. The number of hydrogen-bond acceptors (Lipinski definition) is 3. The molecule has 3 aliphatic rings. The maximum absolute atomic E-state index is 5.86. The quantitative estimate of drug-likeness (QED) is 0.669. The van der Waals surface area contributed by atoms with E-state index in [4.69, 9.17) is 15.5 Å². The summed E-state index contributed by atoms with van der Waals surface area (Å²) in [6.45, 7) is 0.740. The fourth-order valence-corrected chi connectivity index (χ4v) is 3.23. The first-order valence-corrected chi connectivity index (χ1v) is 5.31. The molecule has 0 spiro atoms. The summed E-state index contributed by atoms with van der Waals surface area (Å²) in [4.78, 5) is 4.83. The molecule has 2 saturated heterocycles. The van der Waals surface area contributed by atoms with E-state index in [0.29, 0.717) is 17.6 Å². The summed E-state index contributed by atoms with van der Waals surface area (Å²) in [5, 5.41) is 0. The zero-order valence-electron chi connectivity index (χ0n) is 7.87. The molecule has 1 saturated carbocycles. The summed E-state index contributed by atoms with van der Waals surface area (Å²) >= 11 is 0. The van der Waals surface area contributed by atoms with Crippen LogP contribution in [-0.2, 0) is 9.57 Å². The fourth-order valence-electron chi connectivity index (χ4n) is 3.23. The highest BCUT2D eigenvalue weighted by Crippen LogP contribution is 2.59. The molecule has 3 heteroatoms. The number of nitrogens with two attached hydrogens (primary N) is 1. The van der Waals surface area contributed by atoms with Crippen LogP contribution in [0.3, 0.4) is 0 Å². The van der Waals surface area contributed by atoms with Gasteiger partial charge in [0.15, 0.2) is 0 Å². The van der Waals surface area contributed by atoms with E-state index < -0.39 is 0 Å². The lowest BCUT2D eigenvalue weighted by molar-refractivity contribution is 0.0320. The van der Waals surface area contributed by atoms with E-state index in [1.54, 1.807) is 0 Å². The fraction of sp³-hybridized carbons (Fsp3) is 1.00. The molecule has 2 aliphatic heterocycles. The van der Waals surface area contributed by atoms with Crippen molar-refractivity contribution in [2.75, 3.05) is 6.61 Å². The van der Waals surface area contributed by atoms with Crippen LogP contribution < -0.4 is 5.90 Å². The Balaban J connectivity index is 1.72. The van der Waals surface area contributed by atoms with Crippen LogP contribution in [0.15, 0.2) is 0 Å². The van der Waals surface area contributed by atoms with Gasteiger partial charge in [-0.1, -0.05) is 0 Å². The minimum atomic E-state index is 0.411. The Morgan fingerprint density at radius 3 is 2.69 bits per heavy atom. The van der Waals surface area contributed by atoms with E-state index in [9.17, 15) is 0 Å². The van der Waals surface area contributed by atoms with Gasteiger partial charge in [0.05, 0.1) is 18.8 Å². The molecule has 3 atom stereocenters. The summed E-state index contributed by atoms with van der Waals surface area (Å²) in [5.41, 5.74) is 0.411. The lowest BCUT2D eigenvalue weighted by Crippen LogP contribution is -2.30. The van der Waals surface area contributed by atoms with Crippen molar-refractivity contribution in [3.05, 3.63) is 0 Å². The zero-order chi connectivity index (χ0) is 8.89. The molecule has 3 unspecified atom stereocenters. The Morgan fingerprint density at radius 1 is 1.38 bits per heavy atom. The largest absolute Gasteiger partial charge is 0.375 e. The van der Waals surface area contributed by atoms with Crippen molar-refractivity contribution >= 4 is 0 Å². The van der Waals surface area contributed by atoms with Gasteiger partial charge in [0, 0.05) is 5.41 Å². The Labute approximate surface area is 78.5 Å². The third-order valence-corrected chi connectivity index (χ3v) is 4.16. The van der Waals surface area contributed by atoms with Gasteiger partial charge in [0.1, 0.15) is 0 Å². The van der Waals surface area contributed by atoms with Crippen LogP contribution in [0.5, 0.6) is 0 Å². The summed E-state index contributed by atoms with van der Waals surface area (Å²) in [6, 6.07) is 0. The zero-order valence-corrected chi connectivity index (χ0v) is 7.87. The van der Waals surface area contributed by atoms with E-state index in [0.717, 1.165) is 12.5 Å². The van der Waals surface area contributed by atoms with Crippen molar-refractivity contribution in [3.63, 3.8) is 0 Å². The lowest BCUT2D eigenvalue weighted by Gasteiger charge is -2.27. The van der Waals surface area contributed by atoms with Crippen molar-refractivity contribution < 1.29 is 9.57 Å². The van der Waals surface area contributed by atoms with Gasteiger partial charge in [0.25, 0.3) is 0 Å². The molecule has 74 valence electrons. The standard InChI is InChI=1S/C10H17NO2/c11-12-6-10(3-4-10)8-5-7-1-2-9(8)13-7/h7-9H,1-6,11H2. The number of rotatable bonds is 3. The molecule has 0 aromatic carbocycles. The smallest absolute Gasteiger partial charge is 0.0739 e. The first-order chi connectivity index (χ1) is 6.34. The third kappa shape index (κ3) is 1.14. The SMILES string of the molecule is NOCC1(C2CC3CCC2O3)CC1. The van der Waals surface area contributed by atoms with Gasteiger partial charge in [-0.3, -0.25) is 0 Å². The van der Waals surface area contributed by atoms with Gasteiger partial charge in [-0.15, -0.1) is 0 Å². The van der Waals surface area contributed by atoms with E-state index >= 15 is 0 Å². The second kappa shape index (κ2) is 2.69. The van der Waals surface area contributed by atoms with Crippen LogP contribution in [0.1, 0.15) is 32.1 Å². The van der Waals surface area contributed by atoms with Crippen LogP contribution in [-0.4, -0.2) is 18.8 Å². The Kier molecular flexibility index (Phi) is 1.70. The average molecular weight is 183 g/mol. The molecule has 2 heterocycles. The van der Waals surface area contributed by atoms with Crippen LogP contribution in [0.2, 0.25) is 0 Å². The minimum Gasteiger partial charge on any atom is -0.375 e. The van der Waals surface area contributed by atoms with Gasteiger partial charge < -0.3 is 9.57 Å². The minimum absolute atomic E-state index is 0.411. The highest BCUT2D eigenvalue weighted by molar-refractivity contribution is 5.06. The van der Waals surface area contributed by atoms with Crippen LogP contribution in [0.25, 0.3) is 0 Å². The Hall–Kier alpha value is -0.120. The normalized spacial score (nSPS) is 45.5. The molecular formula is C10H17NO2.